The minimum Gasteiger partial charge on any atom is -0.244 e. The van der Waals surface area contributed by atoms with Crippen LogP contribution in [-0.2, 0) is 14.4 Å². The third-order valence-electron chi connectivity index (χ3n) is 2.32. The fourth-order valence-electron chi connectivity index (χ4n) is 1.37. The lowest BCUT2D eigenvalue weighted by molar-refractivity contribution is 0.155. The molecule has 118 valence electrons. The van der Waals surface area contributed by atoms with Gasteiger partial charge in [0.2, 0.25) is 0 Å². The van der Waals surface area contributed by atoms with Crippen molar-refractivity contribution >= 4 is 30.3 Å². The number of carbonyl (C=O) groups is 2. The highest BCUT2D eigenvalue weighted by molar-refractivity contribution is 5.93. The second kappa shape index (κ2) is 11.7. The molecule has 0 aromatic heterocycles. The van der Waals surface area contributed by atoms with E-state index in [0.29, 0.717) is 11.4 Å². The van der Waals surface area contributed by atoms with Crippen LogP contribution in [0.3, 0.4) is 0 Å². The van der Waals surface area contributed by atoms with Crippen LogP contribution in [0, 0.1) is 0 Å². The van der Waals surface area contributed by atoms with Gasteiger partial charge in [-0.25, -0.2) is 34.4 Å². The van der Waals surface area contributed by atoms with Gasteiger partial charge in [0.1, 0.15) is 0 Å². The van der Waals surface area contributed by atoms with Crippen LogP contribution in [0.5, 0.6) is 0 Å². The molecule has 0 unspecified atom stereocenters. The van der Waals surface area contributed by atoms with E-state index in [9.17, 15) is 24.0 Å². The van der Waals surface area contributed by atoms with Crippen LogP contribution in [0.15, 0.2) is 15.3 Å². The van der Waals surface area contributed by atoms with E-state index >= 15 is 0 Å². The Balaban J connectivity index is 5.02. The molecule has 0 spiro atoms. The Kier molecular flexibility index (Phi) is 10.0. The third kappa shape index (κ3) is 6.88. The minimum atomic E-state index is -1.31. The van der Waals surface area contributed by atoms with Crippen molar-refractivity contribution in [1.82, 2.24) is 15.4 Å². The Morgan fingerprint density at radius 3 is 2.23 bits per heavy atom. The summed E-state index contributed by atoms with van der Waals surface area (Å²) in [5.41, 5.74) is 1.60. The number of rotatable bonds is 8. The molecule has 1 N–H and O–H groups in total. The van der Waals surface area contributed by atoms with Gasteiger partial charge < -0.3 is 0 Å². The predicted octanol–water partition coefficient (Wildman–Crippen LogP) is 0.753. The maximum absolute atomic E-state index is 12.0. The molecule has 0 aliphatic carbocycles. The summed E-state index contributed by atoms with van der Waals surface area (Å²) in [6, 6.07) is -2.50. The van der Waals surface area contributed by atoms with Gasteiger partial charge in [-0.2, -0.15) is 0 Å². The molecule has 0 aromatic rings. The van der Waals surface area contributed by atoms with E-state index in [4.69, 9.17) is 0 Å². The zero-order valence-electron chi connectivity index (χ0n) is 11.8. The van der Waals surface area contributed by atoms with Crippen LogP contribution in [-0.4, -0.2) is 46.9 Å². The molecule has 0 bridgehead atoms. The van der Waals surface area contributed by atoms with Gasteiger partial charge in [-0.15, -0.1) is 5.01 Å². The lowest BCUT2D eigenvalue weighted by atomic mass is 10.2. The molecular weight excluding hydrogens is 296 g/mol. The first-order valence-corrected chi connectivity index (χ1v) is 6.26. The summed E-state index contributed by atoms with van der Waals surface area (Å²) in [6.07, 6.45) is 6.31. The Hall–Kier alpha value is -3.12. The highest BCUT2D eigenvalue weighted by Gasteiger charge is 2.27. The molecule has 0 fully saturated rings. The monoisotopic (exact) mass is 310 g/mol. The number of isocyanates is 3. The second-order valence-electron chi connectivity index (χ2n) is 3.78. The lowest BCUT2D eigenvalue weighted by Crippen LogP contribution is -2.44. The highest BCUT2D eigenvalue weighted by Crippen LogP contribution is 2.06. The Labute approximate surface area is 125 Å². The molecule has 0 rings (SSSR count). The number of nitrogens with zero attached hydrogens (tertiary/aromatic N) is 5. The summed E-state index contributed by atoms with van der Waals surface area (Å²) in [6.45, 7) is 2.01. The molecule has 4 amide bonds. The quantitative estimate of drug-likeness (QED) is 0.305. The molecule has 22 heavy (non-hydrogen) atoms. The van der Waals surface area contributed by atoms with Crippen LogP contribution in [0.1, 0.15) is 32.6 Å². The molecule has 0 aromatic carbocycles. The van der Waals surface area contributed by atoms with Gasteiger partial charge in [0.05, 0.1) is 0 Å². The zero-order chi connectivity index (χ0) is 16.8. The van der Waals surface area contributed by atoms with Gasteiger partial charge >= 0.3 is 12.1 Å². The summed E-state index contributed by atoms with van der Waals surface area (Å²) >= 11 is 0. The first-order chi connectivity index (χ1) is 10.6. The van der Waals surface area contributed by atoms with Crippen molar-refractivity contribution in [3.05, 3.63) is 0 Å². The van der Waals surface area contributed by atoms with Gasteiger partial charge in [-0.1, -0.05) is 41.5 Å². The first-order valence-electron chi connectivity index (χ1n) is 6.26. The minimum absolute atomic E-state index is 0.0170. The van der Waals surface area contributed by atoms with E-state index in [1.54, 1.807) is 5.43 Å². The van der Waals surface area contributed by atoms with Crippen molar-refractivity contribution in [2.45, 2.75) is 32.6 Å². The van der Waals surface area contributed by atoms with Crippen LogP contribution < -0.4 is 5.43 Å². The Bertz CT molecular complexity index is 531. The van der Waals surface area contributed by atoms with E-state index in [1.165, 1.54) is 0 Å². The molecule has 0 heterocycles. The summed E-state index contributed by atoms with van der Waals surface area (Å²) in [7, 11) is 0. The van der Waals surface area contributed by atoms with E-state index in [-0.39, 0.29) is 11.6 Å². The number of urea groups is 2. The molecule has 0 radical (unpaired) electrons. The summed E-state index contributed by atoms with van der Waals surface area (Å²) in [5.74, 6) is 0. The Morgan fingerprint density at radius 2 is 1.68 bits per heavy atom. The van der Waals surface area contributed by atoms with Gasteiger partial charge in [0.15, 0.2) is 0 Å². The van der Waals surface area contributed by atoms with Crippen molar-refractivity contribution in [3.63, 3.8) is 0 Å². The average molecular weight is 310 g/mol. The average Bonchev–Trinajstić information content (AvgIpc) is 2.52. The maximum Gasteiger partial charge on any atom is 0.371 e. The molecule has 0 aliphatic rings. The third-order valence-corrected chi connectivity index (χ3v) is 2.32. The number of hydrazone groups is 3. The van der Waals surface area contributed by atoms with E-state index in [1.807, 2.05) is 6.92 Å². The summed E-state index contributed by atoms with van der Waals surface area (Å²) in [5, 5.41) is 9.39. The molecular formula is C11H14N6O5. The number of unbranched alkanes of at least 4 members (excludes halogenated alkanes) is 3. The molecule has 0 aliphatic heterocycles. The SMILES string of the molecule is CCCCCCN(N=C=O)C(=O)N(N=C=O)C(=O)NN=C=O. The van der Waals surface area contributed by atoms with Crippen molar-refractivity contribution in [1.29, 1.82) is 0 Å². The Morgan fingerprint density at radius 1 is 1.00 bits per heavy atom. The first kappa shape index (κ1) is 18.9. The summed E-state index contributed by atoms with van der Waals surface area (Å²) in [4.78, 5) is 54.0. The van der Waals surface area contributed by atoms with E-state index < -0.39 is 12.1 Å². The lowest BCUT2D eigenvalue weighted by Gasteiger charge is -2.19. The van der Waals surface area contributed by atoms with Gasteiger partial charge in [-0.05, 0) is 6.42 Å². The van der Waals surface area contributed by atoms with Gasteiger partial charge in [0, 0.05) is 6.54 Å². The molecule has 0 saturated heterocycles. The van der Waals surface area contributed by atoms with Crippen LogP contribution in [0.4, 0.5) is 9.59 Å². The van der Waals surface area contributed by atoms with Crippen LogP contribution in [0.25, 0.3) is 0 Å². The predicted molar refractivity (Wildman–Crippen MR) is 71.0 cm³/mol. The molecule has 0 saturated carbocycles. The number of hydrogen-bond acceptors (Lipinski definition) is 8. The smallest absolute Gasteiger partial charge is 0.244 e. The largest absolute Gasteiger partial charge is 0.371 e. The van der Waals surface area contributed by atoms with Crippen molar-refractivity contribution in [2.75, 3.05) is 6.54 Å². The standard InChI is InChI=1S/C11H14N6O5/c1-2-3-4-5-6-16(13-8-19)11(22)17(14-9-20)10(21)15-12-7-18/h2-6H2,1H3,(H,15,21). The zero-order valence-corrected chi connectivity index (χ0v) is 11.8. The molecule has 0 atom stereocenters. The number of amides is 4. The molecule has 11 nitrogen and oxygen atoms in total. The normalized spacial score (nSPS) is 8.59. The topological polar surface area (TPSA) is 141 Å². The second-order valence-corrected chi connectivity index (χ2v) is 3.78. The fraction of sp³-hybridized carbons (Fsp3) is 0.545. The maximum atomic E-state index is 12.0. The fourth-order valence-corrected chi connectivity index (χ4v) is 1.37. The highest BCUT2D eigenvalue weighted by atomic mass is 16.2. The van der Waals surface area contributed by atoms with Crippen LogP contribution in [0.2, 0.25) is 0 Å². The van der Waals surface area contributed by atoms with Crippen molar-refractivity contribution in [3.8, 4) is 0 Å². The van der Waals surface area contributed by atoms with E-state index in [2.05, 4.69) is 15.3 Å². The number of imide groups is 1. The van der Waals surface area contributed by atoms with Gasteiger partial charge in [-0.3, -0.25) is 0 Å². The number of nitrogens with one attached hydrogen (secondary N) is 1. The van der Waals surface area contributed by atoms with Gasteiger partial charge in [0.25, 0.3) is 18.2 Å². The van der Waals surface area contributed by atoms with E-state index in [0.717, 1.165) is 37.5 Å². The van der Waals surface area contributed by atoms with Crippen molar-refractivity contribution in [2.24, 2.45) is 15.3 Å². The number of hydrogen-bond donors (Lipinski definition) is 1. The summed E-state index contributed by atoms with van der Waals surface area (Å²) < 4.78 is 0. The van der Waals surface area contributed by atoms with Crippen molar-refractivity contribution < 1.29 is 24.0 Å². The van der Waals surface area contributed by atoms with Crippen LogP contribution >= 0.6 is 0 Å². The number of carbonyl (C=O) groups excluding carboxylic acids is 5. The molecule has 11 heteroatoms.